The molecule has 0 aliphatic carbocycles. The molecule has 10 heteroatoms. The molecule has 9 nitrogen and oxygen atoms in total. The normalized spacial score (nSPS) is 17.0. The number of morpholine rings is 1. The summed E-state index contributed by atoms with van der Waals surface area (Å²) in [7, 11) is 0. The molecule has 1 atom stereocenters. The molecule has 212 valence electrons. The number of hydrogen-bond acceptors (Lipinski definition) is 8. The zero-order valence-corrected chi connectivity index (χ0v) is 24.3. The van der Waals surface area contributed by atoms with Gasteiger partial charge in [-0.25, -0.2) is 0 Å². The van der Waals surface area contributed by atoms with Gasteiger partial charge in [0.1, 0.15) is 29.2 Å². The summed E-state index contributed by atoms with van der Waals surface area (Å²) < 4.78 is 13.5. The van der Waals surface area contributed by atoms with Gasteiger partial charge in [0.05, 0.1) is 25.3 Å². The van der Waals surface area contributed by atoms with Crippen LogP contribution in [0, 0.1) is 20.8 Å². The number of aliphatic carboxylic acids is 1. The second-order valence-corrected chi connectivity index (χ2v) is 11.6. The SMILES string of the molecule is Cc1sc2c(c1C)C(c1ccc(-c3cccc(OCCN4CCOCC4)c3)cc1)=N[C@@H](CC(=O)O)c1nnc(C)n1-2. The third-order valence-corrected chi connectivity index (χ3v) is 8.91. The molecule has 2 aromatic carbocycles. The molecule has 0 spiro atoms. The van der Waals surface area contributed by atoms with Crippen molar-refractivity contribution in [1.29, 1.82) is 0 Å². The highest BCUT2D eigenvalue weighted by Gasteiger charge is 2.32. The number of benzene rings is 2. The Morgan fingerprint density at radius 1 is 1.05 bits per heavy atom. The van der Waals surface area contributed by atoms with E-state index in [1.807, 2.05) is 23.6 Å². The molecular formula is C31H33N5O4S. The second kappa shape index (κ2) is 11.6. The zero-order chi connectivity index (χ0) is 28.5. The molecule has 0 amide bonds. The number of fused-ring (bicyclic) bond motifs is 3. The predicted molar refractivity (Wildman–Crippen MR) is 159 cm³/mol. The molecule has 0 unspecified atom stereocenters. The zero-order valence-electron chi connectivity index (χ0n) is 23.5. The van der Waals surface area contributed by atoms with Crippen LogP contribution in [0.25, 0.3) is 16.1 Å². The molecule has 41 heavy (non-hydrogen) atoms. The molecule has 1 N–H and O–H groups in total. The van der Waals surface area contributed by atoms with E-state index in [9.17, 15) is 9.90 Å². The summed E-state index contributed by atoms with van der Waals surface area (Å²) in [6, 6.07) is 15.8. The maximum Gasteiger partial charge on any atom is 0.306 e. The van der Waals surface area contributed by atoms with Gasteiger partial charge >= 0.3 is 5.97 Å². The van der Waals surface area contributed by atoms with Crippen LogP contribution in [0.5, 0.6) is 5.75 Å². The van der Waals surface area contributed by atoms with Crippen LogP contribution in [0.3, 0.4) is 0 Å². The number of nitrogens with zero attached hydrogens (tertiary/aromatic N) is 5. The summed E-state index contributed by atoms with van der Waals surface area (Å²) in [4.78, 5) is 20.4. The predicted octanol–water partition coefficient (Wildman–Crippen LogP) is 5.00. The minimum Gasteiger partial charge on any atom is -0.492 e. The van der Waals surface area contributed by atoms with E-state index in [0.717, 1.165) is 83.0 Å². The highest BCUT2D eigenvalue weighted by atomic mass is 32.1. The van der Waals surface area contributed by atoms with Gasteiger partial charge < -0.3 is 14.6 Å². The van der Waals surface area contributed by atoms with Gasteiger partial charge in [-0.15, -0.1) is 21.5 Å². The fraction of sp³-hybridized carbons (Fsp3) is 0.355. The Hall–Kier alpha value is -3.86. The topological polar surface area (TPSA) is 102 Å². The van der Waals surface area contributed by atoms with Crippen molar-refractivity contribution in [3.05, 3.63) is 81.7 Å². The number of aryl methyl sites for hydroxylation is 2. The van der Waals surface area contributed by atoms with Crippen LogP contribution in [0.15, 0.2) is 53.5 Å². The third kappa shape index (κ3) is 5.55. The van der Waals surface area contributed by atoms with E-state index in [1.54, 1.807) is 11.3 Å². The Bertz CT molecular complexity index is 1600. The minimum atomic E-state index is -0.925. The van der Waals surface area contributed by atoms with Gasteiger partial charge in [-0.05, 0) is 49.6 Å². The number of ether oxygens (including phenoxy) is 2. The molecule has 0 saturated carbocycles. The first-order valence-corrected chi connectivity index (χ1v) is 14.7. The lowest BCUT2D eigenvalue weighted by Gasteiger charge is -2.26. The lowest BCUT2D eigenvalue weighted by Crippen LogP contribution is -2.38. The molecule has 4 heterocycles. The maximum absolute atomic E-state index is 11.8. The van der Waals surface area contributed by atoms with Crippen molar-refractivity contribution in [2.24, 2.45) is 4.99 Å². The van der Waals surface area contributed by atoms with Gasteiger partial charge in [0.15, 0.2) is 5.82 Å². The summed E-state index contributed by atoms with van der Waals surface area (Å²) >= 11 is 1.66. The average molecular weight is 572 g/mol. The Balaban J connectivity index is 1.29. The molecule has 2 aliphatic heterocycles. The summed E-state index contributed by atoms with van der Waals surface area (Å²) in [5.41, 5.74) is 5.98. The van der Waals surface area contributed by atoms with E-state index in [2.05, 4.69) is 65.3 Å². The van der Waals surface area contributed by atoms with Crippen LogP contribution in [0.1, 0.15) is 45.7 Å². The fourth-order valence-corrected chi connectivity index (χ4v) is 6.61. The van der Waals surface area contributed by atoms with Crippen LogP contribution >= 0.6 is 11.3 Å². The number of aliphatic imine (C=N–C) groups is 1. The molecule has 6 rings (SSSR count). The van der Waals surface area contributed by atoms with Gasteiger partial charge in [-0.1, -0.05) is 36.4 Å². The van der Waals surface area contributed by atoms with Crippen molar-refractivity contribution in [3.8, 4) is 21.9 Å². The Labute approximate surface area is 243 Å². The smallest absolute Gasteiger partial charge is 0.306 e. The van der Waals surface area contributed by atoms with Gasteiger partial charge in [-0.3, -0.25) is 19.3 Å². The Kier molecular flexibility index (Phi) is 7.70. The van der Waals surface area contributed by atoms with E-state index in [1.165, 1.54) is 4.88 Å². The van der Waals surface area contributed by atoms with Crippen molar-refractivity contribution < 1.29 is 19.4 Å². The van der Waals surface area contributed by atoms with Crippen LogP contribution < -0.4 is 4.74 Å². The minimum absolute atomic E-state index is 0.162. The summed E-state index contributed by atoms with van der Waals surface area (Å²) in [6.07, 6.45) is -0.162. The van der Waals surface area contributed by atoms with Gasteiger partial charge in [0, 0.05) is 35.6 Å². The van der Waals surface area contributed by atoms with E-state index < -0.39 is 12.0 Å². The summed E-state index contributed by atoms with van der Waals surface area (Å²) in [5.74, 6) is 1.20. The molecule has 0 radical (unpaired) electrons. The number of carboxylic acids is 1. The number of carbonyl (C=O) groups is 1. The first kappa shape index (κ1) is 27.3. The van der Waals surface area contributed by atoms with E-state index >= 15 is 0 Å². The lowest BCUT2D eigenvalue weighted by molar-refractivity contribution is -0.137. The first-order valence-electron chi connectivity index (χ1n) is 13.8. The van der Waals surface area contributed by atoms with E-state index in [4.69, 9.17) is 14.5 Å². The largest absolute Gasteiger partial charge is 0.492 e. The molecule has 0 bridgehead atoms. The lowest BCUT2D eigenvalue weighted by atomic mass is 9.97. The van der Waals surface area contributed by atoms with Crippen LogP contribution in [-0.2, 0) is 9.53 Å². The monoisotopic (exact) mass is 571 g/mol. The highest BCUT2D eigenvalue weighted by molar-refractivity contribution is 7.15. The quantitative estimate of drug-likeness (QED) is 0.318. The molecule has 4 aromatic rings. The number of aromatic nitrogens is 3. The molecule has 2 aliphatic rings. The Morgan fingerprint density at radius 3 is 2.56 bits per heavy atom. The maximum atomic E-state index is 11.8. The fourth-order valence-electron chi connectivity index (χ4n) is 5.39. The van der Waals surface area contributed by atoms with Crippen molar-refractivity contribution in [2.75, 3.05) is 39.5 Å². The number of rotatable bonds is 8. The Morgan fingerprint density at radius 2 is 1.80 bits per heavy atom. The van der Waals surface area contributed by atoms with Crippen LogP contribution in [-0.4, -0.2) is 75.9 Å². The third-order valence-electron chi connectivity index (χ3n) is 7.71. The standard InChI is InChI=1S/C31H33N5O4S/c1-19-20(2)41-31-28(19)29(32-26(18-27(37)38)30-34-33-21(3)36(30)31)23-9-7-22(8-10-23)24-5-4-6-25(17-24)40-16-13-35-11-14-39-15-12-35/h4-10,17,26H,11-16,18H2,1-3H3,(H,37,38)/t26-/m0/s1. The second-order valence-electron chi connectivity index (χ2n) is 10.4. The number of hydrogen-bond donors (Lipinski definition) is 1. The van der Waals surface area contributed by atoms with Crippen molar-refractivity contribution in [3.63, 3.8) is 0 Å². The van der Waals surface area contributed by atoms with E-state index in [-0.39, 0.29) is 6.42 Å². The summed E-state index contributed by atoms with van der Waals surface area (Å²) in [6.45, 7) is 11.1. The average Bonchev–Trinajstić information content (AvgIpc) is 3.45. The van der Waals surface area contributed by atoms with Crippen molar-refractivity contribution in [1.82, 2.24) is 19.7 Å². The summed E-state index contributed by atoms with van der Waals surface area (Å²) in [5, 5.41) is 19.3. The van der Waals surface area contributed by atoms with Gasteiger partial charge in [0.25, 0.3) is 0 Å². The molecule has 1 saturated heterocycles. The van der Waals surface area contributed by atoms with Gasteiger partial charge in [0.2, 0.25) is 0 Å². The highest BCUT2D eigenvalue weighted by Crippen LogP contribution is 2.39. The molecular weight excluding hydrogens is 538 g/mol. The van der Waals surface area contributed by atoms with Crippen LogP contribution in [0.4, 0.5) is 0 Å². The van der Waals surface area contributed by atoms with Gasteiger partial charge in [-0.2, -0.15) is 0 Å². The molecule has 2 aromatic heterocycles. The van der Waals surface area contributed by atoms with Crippen molar-refractivity contribution >= 4 is 23.0 Å². The first-order chi connectivity index (χ1) is 19.9. The van der Waals surface area contributed by atoms with E-state index in [0.29, 0.717) is 12.4 Å². The van der Waals surface area contributed by atoms with Crippen LogP contribution in [0.2, 0.25) is 0 Å². The number of thiophene rings is 1. The van der Waals surface area contributed by atoms with Crippen molar-refractivity contribution in [2.45, 2.75) is 33.2 Å². The number of carboxylic acid groups (broad SMARTS) is 1. The molecule has 1 fully saturated rings.